The SMILES string of the molecule is CCNC1C(=O)Nc2cc(Oc3cnn(C)c3)ccc21. The minimum atomic E-state index is -0.276. The number of hydrogen-bond donors (Lipinski definition) is 2. The van der Waals surface area contributed by atoms with Crippen LogP contribution in [0.1, 0.15) is 18.5 Å². The maximum absolute atomic E-state index is 11.9. The zero-order valence-corrected chi connectivity index (χ0v) is 11.4. The van der Waals surface area contributed by atoms with Crippen LogP contribution in [-0.4, -0.2) is 22.2 Å². The quantitative estimate of drug-likeness (QED) is 0.890. The molecule has 1 amide bonds. The van der Waals surface area contributed by atoms with Gasteiger partial charge in [0.05, 0.1) is 12.4 Å². The van der Waals surface area contributed by atoms with Crippen molar-refractivity contribution in [3.05, 3.63) is 36.2 Å². The van der Waals surface area contributed by atoms with Crippen LogP contribution < -0.4 is 15.4 Å². The van der Waals surface area contributed by atoms with E-state index in [4.69, 9.17) is 4.74 Å². The van der Waals surface area contributed by atoms with Crippen LogP contribution in [-0.2, 0) is 11.8 Å². The summed E-state index contributed by atoms with van der Waals surface area (Å²) in [6, 6.07) is 5.32. The van der Waals surface area contributed by atoms with Crippen molar-refractivity contribution in [1.82, 2.24) is 15.1 Å². The Labute approximate surface area is 116 Å². The smallest absolute Gasteiger partial charge is 0.246 e. The number of nitrogens with one attached hydrogen (secondary N) is 2. The molecule has 1 atom stereocenters. The first-order chi connectivity index (χ1) is 9.67. The van der Waals surface area contributed by atoms with Crippen LogP contribution in [0, 0.1) is 0 Å². The maximum atomic E-state index is 11.9. The van der Waals surface area contributed by atoms with Crippen molar-refractivity contribution in [3.8, 4) is 11.5 Å². The Morgan fingerprint density at radius 3 is 3.00 bits per heavy atom. The average molecular weight is 272 g/mol. The molecule has 104 valence electrons. The predicted octanol–water partition coefficient (Wildman–Crippen LogP) is 1.82. The molecule has 6 heteroatoms. The number of amides is 1. The molecule has 2 N–H and O–H groups in total. The fourth-order valence-corrected chi connectivity index (χ4v) is 2.30. The molecule has 6 nitrogen and oxygen atoms in total. The van der Waals surface area contributed by atoms with E-state index in [0.29, 0.717) is 11.5 Å². The van der Waals surface area contributed by atoms with Crippen molar-refractivity contribution < 1.29 is 9.53 Å². The number of carbonyl (C=O) groups excluding carboxylic acids is 1. The van der Waals surface area contributed by atoms with Gasteiger partial charge in [0.1, 0.15) is 11.8 Å². The van der Waals surface area contributed by atoms with Crippen LogP contribution in [0.25, 0.3) is 0 Å². The number of fused-ring (bicyclic) bond motifs is 1. The molecular formula is C14H16N4O2. The van der Waals surface area contributed by atoms with E-state index in [-0.39, 0.29) is 11.9 Å². The number of likely N-dealkylation sites (N-methyl/N-ethyl adjacent to an activating group) is 1. The van der Waals surface area contributed by atoms with Crippen molar-refractivity contribution in [2.24, 2.45) is 7.05 Å². The van der Waals surface area contributed by atoms with Crippen LogP contribution >= 0.6 is 0 Å². The fourth-order valence-electron chi connectivity index (χ4n) is 2.30. The molecule has 20 heavy (non-hydrogen) atoms. The summed E-state index contributed by atoms with van der Waals surface area (Å²) in [6.45, 7) is 2.72. The lowest BCUT2D eigenvalue weighted by atomic mass is 10.1. The molecule has 1 aromatic carbocycles. The van der Waals surface area contributed by atoms with Crippen molar-refractivity contribution in [1.29, 1.82) is 0 Å². The number of nitrogens with zero attached hydrogens (tertiary/aromatic N) is 2. The molecule has 0 saturated carbocycles. The fraction of sp³-hybridized carbons (Fsp3) is 0.286. The summed E-state index contributed by atoms with van der Waals surface area (Å²) in [6.07, 6.45) is 3.43. The predicted molar refractivity (Wildman–Crippen MR) is 74.8 cm³/mol. The van der Waals surface area contributed by atoms with Crippen LogP contribution in [0.2, 0.25) is 0 Å². The molecule has 2 heterocycles. The van der Waals surface area contributed by atoms with E-state index in [0.717, 1.165) is 17.8 Å². The van der Waals surface area contributed by atoms with Gasteiger partial charge in [-0.05, 0) is 12.6 Å². The molecule has 1 aromatic heterocycles. The van der Waals surface area contributed by atoms with Crippen LogP contribution in [0.15, 0.2) is 30.6 Å². The standard InChI is InChI=1S/C14H16N4O2/c1-3-15-13-11-5-4-9(6-12(11)17-14(13)19)20-10-7-16-18(2)8-10/h4-8,13,15H,3H2,1-2H3,(H,17,19). The summed E-state index contributed by atoms with van der Waals surface area (Å²) in [5, 5.41) is 10.1. The lowest BCUT2D eigenvalue weighted by molar-refractivity contribution is -0.117. The summed E-state index contributed by atoms with van der Waals surface area (Å²) in [5.74, 6) is 1.31. The largest absolute Gasteiger partial charge is 0.454 e. The zero-order valence-electron chi connectivity index (χ0n) is 11.4. The number of ether oxygens (including phenoxy) is 1. The van der Waals surface area contributed by atoms with Gasteiger partial charge in [-0.25, -0.2) is 0 Å². The third-order valence-corrected chi connectivity index (χ3v) is 3.18. The number of hydrogen-bond acceptors (Lipinski definition) is 4. The van der Waals surface area contributed by atoms with Crippen molar-refractivity contribution in [2.45, 2.75) is 13.0 Å². The van der Waals surface area contributed by atoms with Crippen molar-refractivity contribution in [2.75, 3.05) is 11.9 Å². The molecular weight excluding hydrogens is 256 g/mol. The molecule has 0 spiro atoms. The first kappa shape index (κ1) is 12.7. The highest BCUT2D eigenvalue weighted by Crippen LogP contribution is 2.34. The van der Waals surface area contributed by atoms with Gasteiger partial charge in [-0.1, -0.05) is 13.0 Å². The third-order valence-electron chi connectivity index (χ3n) is 3.18. The summed E-state index contributed by atoms with van der Waals surface area (Å²) >= 11 is 0. The number of rotatable bonds is 4. The van der Waals surface area contributed by atoms with E-state index in [1.807, 2.05) is 32.2 Å². The minimum Gasteiger partial charge on any atom is -0.454 e. The highest BCUT2D eigenvalue weighted by Gasteiger charge is 2.29. The van der Waals surface area contributed by atoms with Gasteiger partial charge < -0.3 is 15.4 Å². The summed E-state index contributed by atoms with van der Waals surface area (Å²) < 4.78 is 7.37. The van der Waals surface area contributed by atoms with E-state index in [1.165, 1.54) is 0 Å². The molecule has 1 unspecified atom stereocenters. The summed E-state index contributed by atoms with van der Waals surface area (Å²) in [4.78, 5) is 11.9. The molecule has 0 saturated heterocycles. The maximum Gasteiger partial charge on any atom is 0.246 e. The average Bonchev–Trinajstić information content (AvgIpc) is 2.94. The number of benzene rings is 1. The van der Waals surface area contributed by atoms with Gasteiger partial charge in [0, 0.05) is 24.4 Å². The Kier molecular flexibility index (Phi) is 3.15. The second-order valence-electron chi connectivity index (χ2n) is 4.68. The lowest BCUT2D eigenvalue weighted by Crippen LogP contribution is -2.27. The molecule has 2 aromatic rings. The first-order valence-corrected chi connectivity index (χ1v) is 6.52. The second-order valence-corrected chi connectivity index (χ2v) is 4.68. The second kappa shape index (κ2) is 4.97. The Morgan fingerprint density at radius 2 is 2.30 bits per heavy atom. The molecule has 0 radical (unpaired) electrons. The Bertz CT molecular complexity index is 650. The molecule has 1 aliphatic rings. The van der Waals surface area contributed by atoms with E-state index in [1.54, 1.807) is 17.1 Å². The van der Waals surface area contributed by atoms with Crippen LogP contribution in [0.3, 0.4) is 0 Å². The number of aromatic nitrogens is 2. The van der Waals surface area contributed by atoms with Crippen LogP contribution in [0.4, 0.5) is 5.69 Å². The van der Waals surface area contributed by atoms with Gasteiger partial charge in [-0.15, -0.1) is 0 Å². The van der Waals surface area contributed by atoms with Gasteiger partial charge in [0.15, 0.2) is 5.75 Å². The Hall–Kier alpha value is -2.34. The first-order valence-electron chi connectivity index (χ1n) is 6.52. The van der Waals surface area contributed by atoms with E-state index < -0.39 is 0 Å². The van der Waals surface area contributed by atoms with Crippen LogP contribution in [0.5, 0.6) is 11.5 Å². The number of anilines is 1. The van der Waals surface area contributed by atoms with Crippen molar-refractivity contribution >= 4 is 11.6 Å². The summed E-state index contributed by atoms with van der Waals surface area (Å²) in [5.41, 5.74) is 1.75. The lowest BCUT2D eigenvalue weighted by Gasteiger charge is -2.09. The summed E-state index contributed by atoms with van der Waals surface area (Å²) in [7, 11) is 1.83. The van der Waals surface area contributed by atoms with Gasteiger partial charge in [0.25, 0.3) is 0 Å². The normalized spacial score (nSPS) is 16.9. The van der Waals surface area contributed by atoms with E-state index >= 15 is 0 Å². The van der Waals surface area contributed by atoms with E-state index in [2.05, 4.69) is 15.7 Å². The molecule has 0 bridgehead atoms. The molecule has 0 aliphatic carbocycles. The third kappa shape index (κ3) is 2.25. The molecule has 3 rings (SSSR count). The highest BCUT2D eigenvalue weighted by molar-refractivity contribution is 6.02. The molecule has 0 fully saturated rings. The number of carbonyl (C=O) groups is 1. The van der Waals surface area contributed by atoms with Gasteiger partial charge >= 0.3 is 0 Å². The van der Waals surface area contributed by atoms with Gasteiger partial charge in [-0.3, -0.25) is 9.48 Å². The van der Waals surface area contributed by atoms with Gasteiger partial charge in [-0.2, -0.15) is 5.10 Å². The Morgan fingerprint density at radius 1 is 1.45 bits per heavy atom. The van der Waals surface area contributed by atoms with Gasteiger partial charge in [0.2, 0.25) is 5.91 Å². The Balaban J connectivity index is 1.84. The number of aryl methyl sites for hydroxylation is 1. The van der Waals surface area contributed by atoms with E-state index in [9.17, 15) is 4.79 Å². The topological polar surface area (TPSA) is 68.2 Å². The van der Waals surface area contributed by atoms with Crippen molar-refractivity contribution in [3.63, 3.8) is 0 Å². The minimum absolute atomic E-state index is 0.0274. The highest BCUT2D eigenvalue weighted by atomic mass is 16.5. The molecule has 1 aliphatic heterocycles. The monoisotopic (exact) mass is 272 g/mol. The zero-order chi connectivity index (χ0) is 14.1.